The van der Waals surface area contributed by atoms with Gasteiger partial charge >= 0.3 is 5.97 Å². The van der Waals surface area contributed by atoms with Gasteiger partial charge in [-0.05, 0) is 43.9 Å². The van der Waals surface area contributed by atoms with Gasteiger partial charge in [0.05, 0.1) is 6.10 Å². The van der Waals surface area contributed by atoms with E-state index in [0.29, 0.717) is 35.4 Å². The molecular formula is C26H31ClO6. The molecule has 0 amide bonds. The molecule has 2 atom stereocenters. The topological polar surface area (TPSA) is 112 Å². The number of benzene rings is 2. The van der Waals surface area contributed by atoms with Gasteiger partial charge in [0, 0.05) is 29.0 Å². The van der Waals surface area contributed by atoms with Gasteiger partial charge in [0.15, 0.2) is 11.4 Å². The number of rotatable bonds is 14. The van der Waals surface area contributed by atoms with Crippen LogP contribution in [0.2, 0.25) is 5.02 Å². The lowest BCUT2D eigenvalue weighted by molar-refractivity contribution is -0.164. The van der Waals surface area contributed by atoms with Crippen molar-refractivity contribution in [1.82, 2.24) is 0 Å². The summed E-state index contributed by atoms with van der Waals surface area (Å²) in [5.74, 6) is -2.01. The Balaban J connectivity index is 1.82. The highest BCUT2D eigenvalue weighted by Crippen LogP contribution is 2.23. The standard InChI is InChI=1S/C26H31ClO6/c1-18(28)16-26(33,25(31)32)17-22(29)12-8-3-2-5-9-19-13-14-21(27)15-23(19)24(30)20-10-6-4-7-11-20/h4,6-7,10-11,13-15,22,29,33H,2-3,5,8-9,12,16-17H2,1H3,(H,31,32). The van der Waals surface area contributed by atoms with Crippen LogP contribution in [0.25, 0.3) is 0 Å². The second kappa shape index (κ2) is 12.6. The minimum atomic E-state index is -2.23. The number of ketones is 2. The maximum atomic E-state index is 12.9. The van der Waals surface area contributed by atoms with Crippen LogP contribution in [0.5, 0.6) is 0 Å². The Labute approximate surface area is 199 Å². The van der Waals surface area contributed by atoms with Gasteiger partial charge in [0.25, 0.3) is 0 Å². The number of aliphatic hydroxyl groups excluding tert-OH is 1. The zero-order valence-electron chi connectivity index (χ0n) is 18.8. The molecule has 0 aliphatic heterocycles. The summed E-state index contributed by atoms with van der Waals surface area (Å²) in [6.45, 7) is 1.21. The lowest BCUT2D eigenvalue weighted by Gasteiger charge is -2.25. The molecule has 0 aromatic heterocycles. The number of aryl methyl sites for hydroxylation is 1. The molecule has 0 bridgehead atoms. The number of halogens is 1. The first-order valence-electron chi connectivity index (χ1n) is 11.1. The Morgan fingerprint density at radius 1 is 1.00 bits per heavy atom. The van der Waals surface area contributed by atoms with E-state index in [-0.39, 0.29) is 12.2 Å². The van der Waals surface area contributed by atoms with Gasteiger partial charge in [-0.15, -0.1) is 0 Å². The van der Waals surface area contributed by atoms with Crippen molar-refractivity contribution in [3.05, 3.63) is 70.2 Å². The molecular weight excluding hydrogens is 444 g/mol. The van der Waals surface area contributed by atoms with E-state index in [9.17, 15) is 29.7 Å². The number of unbranched alkanes of at least 4 members (excludes halogenated alkanes) is 3. The number of carbonyl (C=O) groups excluding carboxylic acids is 2. The third-order valence-electron chi connectivity index (χ3n) is 5.60. The van der Waals surface area contributed by atoms with Crippen LogP contribution in [0.4, 0.5) is 0 Å². The van der Waals surface area contributed by atoms with Crippen molar-refractivity contribution in [3.8, 4) is 0 Å². The fourth-order valence-electron chi connectivity index (χ4n) is 3.91. The predicted molar refractivity (Wildman–Crippen MR) is 127 cm³/mol. The lowest BCUT2D eigenvalue weighted by Crippen LogP contribution is -2.43. The Hall–Kier alpha value is -2.54. The third kappa shape index (κ3) is 8.39. The Kier molecular flexibility index (Phi) is 10.2. The molecule has 178 valence electrons. The Bertz CT molecular complexity index is 959. The van der Waals surface area contributed by atoms with Crippen LogP contribution in [-0.2, 0) is 16.0 Å². The predicted octanol–water partition coefficient (Wildman–Crippen LogP) is 4.61. The number of carboxylic acid groups (broad SMARTS) is 1. The number of aliphatic carboxylic acids is 1. The second-order valence-corrected chi connectivity index (χ2v) is 8.96. The normalized spacial score (nSPS) is 13.8. The van der Waals surface area contributed by atoms with Gasteiger partial charge in [-0.25, -0.2) is 4.79 Å². The summed E-state index contributed by atoms with van der Waals surface area (Å²) in [6.07, 6.45) is 2.33. The monoisotopic (exact) mass is 474 g/mol. The minimum Gasteiger partial charge on any atom is -0.479 e. The van der Waals surface area contributed by atoms with E-state index in [0.717, 1.165) is 24.8 Å². The summed E-state index contributed by atoms with van der Waals surface area (Å²) in [4.78, 5) is 35.4. The van der Waals surface area contributed by atoms with Crippen molar-refractivity contribution in [2.75, 3.05) is 0 Å². The average molecular weight is 475 g/mol. The van der Waals surface area contributed by atoms with Crippen LogP contribution in [0, 0.1) is 0 Å². The van der Waals surface area contributed by atoms with Gasteiger partial charge in [0.2, 0.25) is 0 Å². The number of carboxylic acids is 1. The third-order valence-corrected chi connectivity index (χ3v) is 5.83. The van der Waals surface area contributed by atoms with Crippen molar-refractivity contribution in [2.45, 2.75) is 70.0 Å². The molecule has 0 aliphatic rings. The molecule has 2 rings (SSSR count). The van der Waals surface area contributed by atoms with Crippen LogP contribution in [-0.4, -0.2) is 44.6 Å². The van der Waals surface area contributed by atoms with Crippen LogP contribution in [0.1, 0.15) is 73.4 Å². The number of hydrogen-bond acceptors (Lipinski definition) is 5. The molecule has 0 heterocycles. The molecule has 33 heavy (non-hydrogen) atoms. The first-order chi connectivity index (χ1) is 15.6. The highest BCUT2D eigenvalue weighted by molar-refractivity contribution is 6.31. The SMILES string of the molecule is CC(=O)CC(O)(CC(O)CCCCCCc1ccc(Cl)cc1C(=O)c1ccccc1)C(=O)O. The highest BCUT2D eigenvalue weighted by Gasteiger charge is 2.39. The summed E-state index contributed by atoms with van der Waals surface area (Å²) in [7, 11) is 0. The minimum absolute atomic E-state index is 0.0623. The van der Waals surface area contributed by atoms with Crippen molar-refractivity contribution in [1.29, 1.82) is 0 Å². The van der Waals surface area contributed by atoms with Crippen LogP contribution >= 0.6 is 11.6 Å². The molecule has 7 heteroatoms. The van der Waals surface area contributed by atoms with Crippen molar-refractivity contribution < 1.29 is 29.7 Å². The highest BCUT2D eigenvalue weighted by atomic mass is 35.5. The van der Waals surface area contributed by atoms with Crippen LogP contribution in [0.3, 0.4) is 0 Å². The van der Waals surface area contributed by atoms with E-state index in [1.807, 2.05) is 24.3 Å². The summed E-state index contributed by atoms with van der Waals surface area (Å²) in [5.41, 5.74) is -0.0886. The van der Waals surface area contributed by atoms with E-state index < -0.39 is 29.9 Å². The molecule has 0 fully saturated rings. The molecule has 2 aromatic rings. The van der Waals surface area contributed by atoms with Gasteiger partial charge in [-0.3, -0.25) is 9.59 Å². The molecule has 0 saturated carbocycles. The van der Waals surface area contributed by atoms with Gasteiger partial charge in [0.1, 0.15) is 5.78 Å². The zero-order valence-corrected chi connectivity index (χ0v) is 19.6. The van der Waals surface area contributed by atoms with Crippen LogP contribution < -0.4 is 0 Å². The largest absolute Gasteiger partial charge is 0.479 e. The van der Waals surface area contributed by atoms with E-state index in [4.69, 9.17) is 11.6 Å². The molecule has 6 nitrogen and oxygen atoms in total. The van der Waals surface area contributed by atoms with E-state index in [1.165, 1.54) is 6.92 Å². The van der Waals surface area contributed by atoms with E-state index in [1.54, 1.807) is 24.3 Å². The number of aliphatic hydroxyl groups is 2. The van der Waals surface area contributed by atoms with Crippen molar-refractivity contribution in [2.24, 2.45) is 0 Å². The summed E-state index contributed by atoms with van der Waals surface area (Å²) in [6, 6.07) is 14.4. The molecule has 0 radical (unpaired) electrons. The smallest absolute Gasteiger partial charge is 0.336 e. The fourth-order valence-corrected chi connectivity index (χ4v) is 4.08. The van der Waals surface area contributed by atoms with Crippen molar-refractivity contribution in [3.63, 3.8) is 0 Å². The Morgan fingerprint density at radius 2 is 1.67 bits per heavy atom. The quantitative estimate of drug-likeness (QED) is 0.272. The second-order valence-electron chi connectivity index (χ2n) is 8.52. The number of Topliss-reactive ketones (excluding diaryl/α,β-unsaturated/α-hetero) is 1. The Morgan fingerprint density at radius 3 is 2.30 bits per heavy atom. The van der Waals surface area contributed by atoms with Gasteiger partial charge < -0.3 is 15.3 Å². The number of hydrogen-bond donors (Lipinski definition) is 3. The fraction of sp³-hybridized carbons (Fsp3) is 0.423. The molecule has 0 aliphatic carbocycles. The first-order valence-corrected chi connectivity index (χ1v) is 11.5. The maximum Gasteiger partial charge on any atom is 0.336 e. The molecule has 0 spiro atoms. The van der Waals surface area contributed by atoms with Gasteiger partial charge in [-0.2, -0.15) is 0 Å². The zero-order chi connectivity index (χ0) is 24.4. The van der Waals surface area contributed by atoms with Crippen molar-refractivity contribution >= 4 is 29.1 Å². The van der Waals surface area contributed by atoms with Gasteiger partial charge in [-0.1, -0.05) is 67.3 Å². The summed E-state index contributed by atoms with van der Waals surface area (Å²) in [5, 5.41) is 30.0. The lowest BCUT2D eigenvalue weighted by atomic mass is 9.89. The average Bonchev–Trinajstić information content (AvgIpc) is 2.76. The molecule has 2 unspecified atom stereocenters. The van der Waals surface area contributed by atoms with E-state index in [2.05, 4.69) is 0 Å². The molecule has 2 aromatic carbocycles. The molecule has 0 saturated heterocycles. The summed E-state index contributed by atoms with van der Waals surface area (Å²) >= 11 is 6.12. The number of carbonyl (C=O) groups is 3. The summed E-state index contributed by atoms with van der Waals surface area (Å²) < 4.78 is 0. The van der Waals surface area contributed by atoms with E-state index >= 15 is 0 Å². The molecule has 3 N–H and O–H groups in total. The van der Waals surface area contributed by atoms with Crippen LogP contribution in [0.15, 0.2) is 48.5 Å². The maximum absolute atomic E-state index is 12.9. The first kappa shape index (κ1) is 26.7.